The monoisotopic (exact) mass is 567 g/mol. The normalized spacial score (nSPS) is 14.5. The van der Waals surface area contributed by atoms with Crippen LogP contribution in [0.15, 0.2) is 153 Å². The van der Waals surface area contributed by atoms with E-state index >= 15 is 0 Å². The van der Waals surface area contributed by atoms with E-state index in [0.29, 0.717) is 5.76 Å². The Morgan fingerprint density at radius 2 is 1.32 bits per heavy atom. The first kappa shape index (κ1) is 24.6. The largest absolute Gasteiger partial charge is 0.455 e. The molecule has 1 unspecified atom stereocenters. The van der Waals surface area contributed by atoms with Gasteiger partial charge in [-0.1, -0.05) is 91.0 Å². The molecule has 0 amide bonds. The number of nitrogens with zero attached hydrogens (tertiary/aromatic N) is 2. The predicted molar refractivity (Wildman–Crippen MR) is 177 cm³/mol. The molecule has 8 aromatic rings. The Balaban J connectivity index is 1.36. The summed E-state index contributed by atoms with van der Waals surface area (Å²) in [5, 5.41) is 6.66. The van der Waals surface area contributed by atoms with Crippen molar-refractivity contribution in [3.63, 3.8) is 0 Å². The highest BCUT2D eigenvalue weighted by Crippen LogP contribution is 2.44. The highest BCUT2D eigenvalue weighted by molar-refractivity contribution is 6.27. The summed E-state index contributed by atoms with van der Waals surface area (Å²) in [4.78, 5) is 9.91. The van der Waals surface area contributed by atoms with Crippen LogP contribution in [0, 0.1) is 0 Å². The molecule has 4 heterocycles. The first-order valence-electron chi connectivity index (χ1n) is 14.7. The van der Waals surface area contributed by atoms with E-state index in [1.54, 1.807) is 6.20 Å². The second-order valence-corrected chi connectivity index (χ2v) is 11.0. The zero-order valence-corrected chi connectivity index (χ0v) is 23.6. The van der Waals surface area contributed by atoms with Crippen LogP contribution in [-0.4, -0.2) is 10.7 Å². The van der Waals surface area contributed by atoms with E-state index in [4.69, 9.17) is 13.8 Å². The molecular weight excluding hydrogens is 542 g/mol. The summed E-state index contributed by atoms with van der Waals surface area (Å²) in [6.07, 6.45) is 1.42. The molecule has 9 rings (SSSR count). The van der Waals surface area contributed by atoms with Gasteiger partial charge in [0.25, 0.3) is 0 Å². The average Bonchev–Trinajstić information content (AvgIpc) is 3.67. The van der Waals surface area contributed by atoms with Crippen molar-refractivity contribution in [3.05, 3.63) is 157 Å². The van der Waals surface area contributed by atoms with Crippen molar-refractivity contribution >= 4 is 44.3 Å². The van der Waals surface area contributed by atoms with Crippen LogP contribution in [0.5, 0.6) is 0 Å². The van der Waals surface area contributed by atoms with Gasteiger partial charge in [0, 0.05) is 33.5 Å². The van der Waals surface area contributed by atoms with Gasteiger partial charge < -0.3 is 14.2 Å². The molecule has 1 aliphatic rings. The molecule has 0 fully saturated rings. The molecule has 5 aromatic carbocycles. The smallest absolute Gasteiger partial charge is 0.177 e. The molecule has 0 saturated carbocycles. The highest BCUT2D eigenvalue weighted by atomic mass is 16.3. The van der Waals surface area contributed by atoms with Crippen molar-refractivity contribution in [2.24, 2.45) is 4.99 Å². The van der Waals surface area contributed by atoms with Gasteiger partial charge in [-0.3, -0.25) is 4.98 Å². The summed E-state index contributed by atoms with van der Waals surface area (Å²) in [5.41, 5.74) is 10.3. The van der Waals surface area contributed by atoms with E-state index < -0.39 is 0 Å². The molecule has 0 radical (unpaired) electrons. The summed E-state index contributed by atoms with van der Waals surface area (Å²) >= 11 is 0. The Labute approximate surface area is 253 Å². The topological polar surface area (TPSA) is 63.6 Å². The molecule has 1 aliphatic heterocycles. The van der Waals surface area contributed by atoms with Crippen molar-refractivity contribution in [1.29, 1.82) is 0 Å². The van der Waals surface area contributed by atoms with Crippen LogP contribution in [-0.2, 0) is 0 Å². The highest BCUT2D eigenvalue weighted by Gasteiger charge is 2.31. The maximum atomic E-state index is 6.71. The lowest BCUT2D eigenvalue weighted by molar-refractivity contribution is 0.599. The van der Waals surface area contributed by atoms with Crippen LogP contribution >= 0.6 is 0 Å². The SMILES string of the molecule is c1ccc(-c2cc(-c3ccccc3)c3oc4cccc(C5=NC(c6ccccn6)Nc6c5oc5ccccc65)c4c3c2)cc1. The van der Waals surface area contributed by atoms with Crippen molar-refractivity contribution < 1.29 is 8.83 Å². The van der Waals surface area contributed by atoms with Gasteiger partial charge in [0.15, 0.2) is 11.9 Å². The molecule has 208 valence electrons. The number of benzene rings is 5. The molecule has 1 atom stereocenters. The summed E-state index contributed by atoms with van der Waals surface area (Å²) in [5.74, 6) is 0.711. The van der Waals surface area contributed by atoms with Gasteiger partial charge in [-0.15, -0.1) is 0 Å². The number of fused-ring (bicyclic) bond motifs is 6. The number of rotatable bonds is 4. The quantitative estimate of drug-likeness (QED) is 0.230. The van der Waals surface area contributed by atoms with Crippen LogP contribution in [0.4, 0.5) is 5.69 Å². The van der Waals surface area contributed by atoms with Gasteiger partial charge in [-0.05, 0) is 59.2 Å². The third-order valence-electron chi connectivity index (χ3n) is 8.36. The van der Waals surface area contributed by atoms with Gasteiger partial charge in [-0.2, -0.15) is 0 Å². The van der Waals surface area contributed by atoms with E-state index in [2.05, 4.69) is 83.1 Å². The zero-order valence-electron chi connectivity index (χ0n) is 23.6. The molecule has 5 heteroatoms. The molecule has 44 heavy (non-hydrogen) atoms. The fraction of sp³-hybridized carbons (Fsp3) is 0.0256. The van der Waals surface area contributed by atoms with Gasteiger partial charge >= 0.3 is 0 Å². The number of aliphatic imine (C=N–C) groups is 1. The third kappa shape index (κ3) is 3.87. The fourth-order valence-corrected chi connectivity index (χ4v) is 6.34. The second-order valence-electron chi connectivity index (χ2n) is 11.0. The van der Waals surface area contributed by atoms with Crippen LogP contribution in [0.2, 0.25) is 0 Å². The van der Waals surface area contributed by atoms with E-state index in [0.717, 1.165) is 77.8 Å². The maximum absolute atomic E-state index is 6.71. The number of anilines is 1. The first-order valence-corrected chi connectivity index (χ1v) is 14.7. The Bertz CT molecular complexity index is 2350. The summed E-state index contributed by atoms with van der Waals surface area (Å²) in [6, 6.07) is 45.6. The number of nitrogens with one attached hydrogen (secondary N) is 1. The zero-order chi connectivity index (χ0) is 29.0. The van der Waals surface area contributed by atoms with Gasteiger partial charge in [0.1, 0.15) is 22.5 Å². The van der Waals surface area contributed by atoms with E-state index in [1.165, 1.54) is 0 Å². The predicted octanol–water partition coefficient (Wildman–Crippen LogP) is 10.0. The fourth-order valence-electron chi connectivity index (χ4n) is 6.34. The summed E-state index contributed by atoms with van der Waals surface area (Å²) in [7, 11) is 0. The minimum absolute atomic E-state index is 0.382. The lowest BCUT2D eigenvalue weighted by Crippen LogP contribution is -2.20. The first-order chi connectivity index (χ1) is 21.8. The van der Waals surface area contributed by atoms with E-state index in [1.807, 2.05) is 60.7 Å². The minimum Gasteiger partial charge on any atom is -0.455 e. The number of pyridine rings is 1. The Hall–Kier alpha value is -5.94. The van der Waals surface area contributed by atoms with Crippen LogP contribution in [0.25, 0.3) is 55.2 Å². The Morgan fingerprint density at radius 3 is 2.14 bits per heavy atom. The average molecular weight is 568 g/mol. The van der Waals surface area contributed by atoms with Crippen LogP contribution in [0.1, 0.15) is 23.2 Å². The number of hydrogen-bond donors (Lipinski definition) is 1. The molecule has 0 aliphatic carbocycles. The van der Waals surface area contributed by atoms with Gasteiger partial charge in [-0.25, -0.2) is 4.99 Å². The third-order valence-corrected chi connectivity index (χ3v) is 8.36. The van der Waals surface area contributed by atoms with Gasteiger partial charge in [0.05, 0.1) is 11.4 Å². The van der Waals surface area contributed by atoms with E-state index in [9.17, 15) is 0 Å². The Kier molecular flexibility index (Phi) is 5.50. The molecule has 3 aromatic heterocycles. The minimum atomic E-state index is -0.382. The molecule has 0 spiro atoms. The lowest BCUT2D eigenvalue weighted by Gasteiger charge is -2.22. The molecule has 0 bridgehead atoms. The number of para-hydroxylation sites is 1. The molecular formula is C39H25N3O2. The van der Waals surface area contributed by atoms with Crippen molar-refractivity contribution in [2.75, 3.05) is 5.32 Å². The van der Waals surface area contributed by atoms with Crippen molar-refractivity contribution in [2.45, 2.75) is 6.17 Å². The van der Waals surface area contributed by atoms with Crippen LogP contribution < -0.4 is 5.32 Å². The molecule has 1 N–H and O–H groups in total. The van der Waals surface area contributed by atoms with Crippen LogP contribution in [0.3, 0.4) is 0 Å². The Morgan fingerprint density at radius 1 is 0.568 bits per heavy atom. The molecule has 5 nitrogen and oxygen atoms in total. The maximum Gasteiger partial charge on any atom is 0.177 e. The van der Waals surface area contributed by atoms with E-state index in [-0.39, 0.29) is 6.17 Å². The number of hydrogen-bond acceptors (Lipinski definition) is 5. The van der Waals surface area contributed by atoms with Crippen molar-refractivity contribution in [1.82, 2.24) is 4.98 Å². The summed E-state index contributed by atoms with van der Waals surface area (Å²) in [6.45, 7) is 0. The molecule has 0 saturated heterocycles. The number of aromatic nitrogens is 1. The second kappa shape index (κ2) is 9.82. The summed E-state index contributed by atoms with van der Waals surface area (Å²) < 4.78 is 13.2. The number of furan rings is 2. The standard InChI is InChI=1S/C39H25N3O2/c1-3-12-24(13-4-1)26-22-29(25-14-5-2-6-15-25)37-30(23-26)34-28(17-11-20-33(34)44-37)36-38-35(27-16-7-8-19-32(27)43-38)41-39(42-36)31-18-9-10-21-40-31/h1-23,39,41H. The van der Waals surface area contributed by atoms with Crippen molar-refractivity contribution in [3.8, 4) is 22.3 Å². The lowest BCUT2D eigenvalue weighted by atomic mass is 9.93. The van der Waals surface area contributed by atoms with Gasteiger partial charge in [0.2, 0.25) is 0 Å².